The first kappa shape index (κ1) is 14.3. The van der Waals surface area contributed by atoms with Gasteiger partial charge < -0.3 is 21.3 Å². The predicted molar refractivity (Wildman–Crippen MR) is 69.6 cm³/mol. The lowest BCUT2D eigenvalue weighted by molar-refractivity contribution is 0.0939. The number of nitrogens with two attached hydrogens (primary N) is 1. The first-order chi connectivity index (χ1) is 8.41. The van der Waals surface area contributed by atoms with E-state index in [1.54, 1.807) is 0 Å². The van der Waals surface area contributed by atoms with Crippen molar-refractivity contribution in [3.63, 3.8) is 0 Å². The molecule has 1 rings (SSSR count). The summed E-state index contributed by atoms with van der Waals surface area (Å²) in [4.78, 5) is 11.9. The van der Waals surface area contributed by atoms with E-state index in [-0.39, 0.29) is 17.1 Å². The topological polar surface area (TPSA) is 95.6 Å². The molecule has 5 N–H and O–H groups in total. The van der Waals surface area contributed by atoms with Gasteiger partial charge in [0.1, 0.15) is 11.5 Å². The summed E-state index contributed by atoms with van der Waals surface area (Å²) in [6.07, 6.45) is 1.49. The molecule has 5 heteroatoms. The molecule has 0 radical (unpaired) electrons. The maximum absolute atomic E-state index is 11.9. The minimum Gasteiger partial charge on any atom is -0.508 e. The molecule has 0 heterocycles. The summed E-state index contributed by atoms with van der Waals surface area (Å²) in [6.45, 7) is 4.25. The average Bonchev–Trinajstić information content (AvgIpc) is 2.38. The van der Waals surface area contributed by atoms with Crippen molar-refractivity contribution >= 4 is 5.91 Å². The fourth-order valence-corrected chi connectivity index (χ4v) is 1.56. The fraction of sp³-hybridized carbons (Fsp3) is 0.462. The van der Waals surface area contributed by atoms with Crippen LogP contribution in [0.3, 0.4) is 0 Å². The van der Waals surface area contributed by atoms with Crippen LogP contribution in [0.15, 0.2) is 18.2 Å². The van der Waals surface area contributed by atoms with Gasteiger partial charge in [-0.1, -0.05) is 13.8 Å². The van der Waals surface area contributed by atoms with Crippen molar-refractivity contribution in [1.82, 2.24) is 5.32 Å². The maximum atomic E-state index is 11.9. The Bertz CT molecular complexity index is 428. The Morgan fingerprint density at radius 2 is 1.94 bits per heavy atom. The second-order valence-electron chi connectivity index (χ2n) is 4.45. The second-order valence-corrected chi connectivity index (χ2v) is 4.45. The summed E-state index contributed by atoms with van der Waals surface area (Å²) in [5, 5.41) is 21.5. The van der Waals surface area contributed by atoms with Gasteiger partial charge in [0.15, 0.2) is 0 Å². The number of hydrogen-bond donors (Lipinski definition) is 4. The molecule has 0 atom stereocenters. The van der Waals surface area contributed by atoms with Crippen molar-refractivity contribution in [1.29, 1.82) is 0 Å². The molecule has 0 aliphatic rings. The Morgan fingerprint density at radius 1 is 1.33 bits per heavy atom. The molecule has 0 unspecified atom stereocenters. The molecular formula is C13H20N2O3. The molecule has 100 valence electrons. The van der Waals surface area contributed by atoms with Crippen LogP contribution in [0.2, 0.25) is 0 Å². The molecular weight excluding hydrogens is 232 g/mol. The Balaban J connectivity index is 2.74. The van der Waals surface area contributed by atoms with E-state index in [2.05, 4.69) is 5.32 Å². The summed E-state index contributed by atoms with van der Waals surface area (Å²) in [6, 6.07) is 3.82. The molecule has 0 bridgehead atoms. The molecule has 1 amide bonds. The van der Waals surface area contributed by atoms with Crippen molar-refractivity contribution in [2.45, 2.75) is 32.2 Å². The standard InChI is InChI=1S/C13H20N2O3/c1-3-13(14,4-2)8-15-12(18)10-7-9(16)5-6-11(10)17/h5-7,16-17H,3-4,8,14H2,1-2H3,(H,15,18). The van der Waals surface area contributed by atoms with Gasteiger partial charge in [0.05, 0.1) is 5.56 Å². The fourth-order valence-electron chi connectivity index (χ4n) is 1.56. The first-order valence-corrected chi connectivity index (χ1v) is 6.01. The normalized spacial score (nSPS) is 11.3. The maximum Gasteiger partial charge on any atom is 0.255 e. The summed E-state index contributed by atoms with van der Waals surface area (Å²) in [5.74, 6) is -0.677. The van der Waals surface area contributed by atoms with Gasteiger partial charge in [-0.05, 0) is 31.0 Å². The summed E-state index contributed by atoms with van der Waals surface area (Å²) in [7, 11) is 0. The number of benzene rings is 1. The van der Waals surface area contributed by atoms with Gasteiger partial charge in [0.2, 0.25) is 0 Å². The largest absolute Gasteiger partial charge is 0.508 e. The molecule has 0 saturated heterocycles. The van der Waals surface area contributed by atoms with Gasteiger partial charge in [-0.25, -0.2) is 0 Å². The Hall–Kier alpha value is -1.75. The van der Waals surface area contributed by atoms with E-state index in [1.165, 1.54) is 18.2 Å². The zero-order valence-corrected chi connectivity index (χ0v) is 10.7. The Labute approximate surface area is 107 Å². The Kier molecular flexibility index (Phi) is 4.55. The first-order valence-electron chi connectivity index (χ1n) is 6.01. The zero-order chi connectivity index (χ0) is 13.8. The van der Waals surface area contributed by atoms with Crippen molar-refractivity contribution in [2.75, 3.05) is 6.54 Å². The van der Waals surface area contributed by atoms with Crippen molar-refractivity contribution in [2.24, 2.45) is 5.73 Å². The monoisotopic (exact) mass is 252 g/mol. The van der Waals surface area contributed by atoms with Gasteiger partial charge >= 0.3 is 0 Å². The van der Waals surface area contributed by atoms with E-state index in [0.29, 0.717) is 6.54 Å². The third-order valence-electron chi connectivity index (χ3n) is 3.23. The number of nitrogens with one attached hydrogen (secondary N) is 1. The summed E-state index contributed by atoms with van der Waals surface area (Å²) >= 11 is 0. The quantitative estimate of drug-likeness (QED) is 0.595. The van der Waals surface area contributed by atoms with Gasteiger partial charge in [-0.15, -0.1) is 0 Å². The molecule has 0 aliphatic carbocycles. The molecule has 5 nitrogen and oxygen atoms in total. The van der Waals surface area contributed by atoms with Gasteiger partial charge in [-0.3, -0.25) is 4.79 Å². The molecule has 1 aromatic carbocycles. The number of rotatable bonds is 5. The lowest BCUT2D eigenvalue weighted by atomic mass is 9.94. The van der Waals surface area contributed by atoms with E-state index in [1.807, 2.05) is 13.8 Å². The third kappa shape index (κ3) is 3.37. The molecule has 0 fully saturated rings. The van der Waals surface area contributed by atoms with Crippen LogP contribution < -0.4 is 11.1 Å². The highest BCUT2D eigenvalue weighted by Gasteiger charge is 2.22. The summed E-state index contributed by atoms with van der Waals surface area (Å²) in [5.41, 5.74) is 5.67. The van der Waals surface area contributed by atoms with Gasteiger partial charge in [0.25, 0.3) is 5.91 Å². The van der Waals surface area contributed by atoms with E-state index in [4.69, 9.17) is 5.73 Å². The number of amides is 1. The van der Waals surface area contributed by atoms with E-state index < -0.39 is 11.4 Å². The van der Waals surface area contributed by atoms with Crippen LogP contribution in [0.1, 0.15) is 37.0 Å². The van der Waals surface area contributed by atoms with Gasteiger partial charge in [-0.2, -0.15) is 0 Å². The Morgan fingerprint density at radius 3 is 2.50 bits per heavy atom. The predicted octanol–water partition coefficient (Wildman–Crippen LogP) is 1.35. The third-order valence-corrected chi connectivity index (χ3v) is 3.23. The van der Waals surface area contributed by atoms with Crippen LogP contribution in [0.4, 0.5) is 0 Å². The van der Waals surface area contributed by atoms with Crippen LogP contribution >= 0.6 is 0 Å². The lowest BCUT2D eigenvalue weighted by Gasteiger charge is -2.26. The van der Waals surface area contributed by atoms with E-state index >= 15 is 0 Å². The van der Waals surface area contributed by atoms with Crippen LogP contribution in [0, 0.1) is 0 Å². The van der Waals surface area contributed by atoms with Crippen LogP contribution in [0.25, 0.3) is 0 Å². The number of carbonyl (C=O) groups excluding carboxylic acids is 1. The van der Waals surface area contributed by atoms with E-state index in [0.717, 1.165) is 12.8 Å². The highest BCUT2D eigenvalue weighted by molar-refractivity contribution is 5.97. The number of phenols is 2. The minimum atomic E-state index is -0.444. The molecule has 0 saturated carbocycles. The van der Waals surface area contributed by atoms with Crippen molar-refractivity contribution in [3.05, 3.63) is 23.8 Å². The SMILES string of the molecule is CCC(N)(CC)CNC(=O)c1cc(O)ccc1O. The average molecular weight is 252 g/mol. The smallest absolute Gasteiger partial charge is 0.255 e. The lowest BCUT2D eigenvalue weighted by Crippen LogP contribution is -2.49. The number of hydrogen-bond acceptors (Lipinski definition) is 4. The molecule has 0 aromatic heterocycles. The molecule has 0 aliphatic heterocycles. The van der Waals surface area contributed by atoms with Crippen LogP contribution in [-0.2, 0) is 0 Å². The minimum absolute atomic E-state index is 0.0459. The molecule has 18 heavy (non-hydrogen) atoms. The van der Waals surface area contributed by atoms with E-state index in [9.17, 15) is 15.0 Å². The highest BCUT2D eigenvalue weighted by Crippen LogP contribution is 2.22. The molecule has 0 spiro atoms. The van der Waals surface area contributed by atoms with Crippen LogP contribution in [0.5, 0.6) is 11.5 Å². The second kappa shape index (κ2) is 5.73. The number of carbonyl (C=O) groups is 1. The number of phenolic OH excluding ortho intramolecular Hbond substituents is 2. The van der Waals surface area contributed by atoms with Crippen molar-refractivity contribution < 1.29 is 15.0 Å². The number of aromatic hydroxyl groups is 2. The molecule has 1 aromatic rings. The zero-order valence-electron chi connectivity index (χ0n) is 10.7. The van der Waals surface area contributed by atoms with Crippen LogP contribution in [-0.4, -0.2) is 28.2 Å². The van der Waals surface area contributed by atoms with Gasteiger partial charge in [0, 0.05) is 12.1 Å². The highest BCUT2D eigenvalue weighted by atomic mass is 16.3. The van der Waals surface area contributed by atoms with Crippen molar-refractivity contribution in [3.8, 4) is 11.5 Å². The summed E-state index contributed by atoms with van der Waals surface area (Å²) < 4.78 is 0.